The fraction of sp³-hybridized carbons (Fsp3) is 0.100. The lowest BCUT2D eigenvalue weighted by Crippen LogP contribution is -2.12. The number of ether oxygens (including phenoxy) is 2. The molecule has 1 heterocycles. The SMILES string of the molecule is COc1nc(NN)nc(Oc2ccc(F)cc2)n1. The molecule has 1 aromatic heterocycles. The van der Waals surface area contributed by atoms with Gasteiger partial charge in [0.25, 0.3) is 0 Å². The molecule has 0 fully saturated rings. The van der Waals surface area contributed by atoms with Crippen LogP contribution in [0.15, 0.2) is 24.3 Å². The molecule has 0 aliphatic rings. The number of nitrogens with two attached hydrogens (primary N) is 1. The molecule has 0 radical (unpaired) electrons. The molecule has 0 aliphatic heterocycles. The van der Waals surface area contributed by atoms with Gasteiger partial charge in [-0.2, -0.15) is 9.97 Å². The van der Waals surface area contributed by atoms with Crippen LogP contribution in [0, 0.1) is 5.82 Å². The molecule has 18 heavy (non-hydrogen) atoms. The molecule has 0 spiro atoms. The third-order valence-corrected chi connectivity index (χ3v) is 1.93. The van der Waals surface area contributed by atoms with Crippen LogP contribution in [0.3, 0.4) is 0 Å². The van der Waals surface area contributed by atoms with Gasteiger partial charge in [-0.1, -0.05) is 0 Å². The zero-order valence-electron chi connectivity index (χ0n) is 9.42. The molecule has 0 saturated heterocycles. The van der Waals surface area contributed by atoms with E-state index < -0.39 is 0 Å². The number of methoxy groups -OCH3 is 1. The Morgan fingerprint density at radius 1 is 1.11 bits per heavy atom. The van der Waals surface area contributed by atoms with Crippen molar-refractivity contribution >= 4 is 5.95 Å². The van der Waals surface area contributed by atoms with Crippen molar-refractivity contribution in [2.45, 2.75) is 0 Å². The number of halogens is 1. The highest BCUT2D eigenvalue weighted by atomic mass is 19.1. The number of nitrogens with zero attached hydrogens (tertiary/aromatic N) is 3. The van der Waals surface area contributed by atoms with Crippen LogP contribution in [0.25, 0.3) is 0 Å². The molecule has 8 heteroatoms. The zero-order chi connectivity index (χ0) is 13.0. The predicted octanol–water partition coefficient (Wildman–Crippen LogP) is 1.10. The molecule has 2 rings (SSSR count). The van der Waals surface area contributed by atoms with Gasteiger partial charge in [0, 0.05) is 0 Å². The molecule has 0 unspecified atom stereocenters. The average molecular weight is 251 g/mol. The Kier molecular flexibility index (Phi) is 3.49. The van der Waals surface area contributed by atoms with Crippen molar-refractivity contribution in [3.8, 4) is 17.8 Å². The highest BCUT2D eigenvalue weighted by Crippen LogP contribution is 2.20. The Hall–Kier alpha value is -2.48. The van der Waals surface area contributed by atoms with Crippen molar-refractivity contribution in [2.24, 2.45) is 5.84 Å². The first-order chi connectivity index (χ1) is 8.71. The Morgan fingerprint density at radius 3 is 2.39 bits per heavy atom. The van der Waals surface area contributed by atoms with Crippen molar-refractivity contribution in [3.05, 3.63) is 30.1 Å². The molecular weight excluding hydrogens is 241 g/mol. The van der Waals surface area contributed by atoms with Crippen LogP contribution in [0.2, 0.25) is 0 Å². The van der Waals surface area contributed by atoms with Crippen LogP contribution >= 0.6 is 0 Å². The number of hydrogen-bond donors (Lipinski definition) is 2. The molecule has 7 nitrogen and oxygen atoms in total. The van der Waals surface area contributed by atoms with E-state index in [0.717, 1.165) is 0 Å². The quantitative estimate of drug-likeness (QED) is 0.620. The fourth-order valence-corrected chi connectivity index (χ4v) is 1.15. The lowest BCUT2D eigenvalue weighted by atomic mass is 10.3. The monoisotopic (exact) mass is 251 g/mol. The maximum Gasteiger partial charge on any atom is 0.330 e. The van der Waals surface area contributed by atoms with Crippen molar-refractivity contribution < 1.29 is 13.9 Å². The van der Waals surface area contributed by atoms with Crippen LogP contribution in [-0.2, 0) is 0 Å². The summed E-state index contributed by atoms with van der Waals surface area (Å²) in [4.78, 5) is 11.5. The van der Waals surface area contributed by atoms with E-state index in [1.165, 1.54) is 31.4 Å². The Balaban J connectivity index is 2.25. The number of nitrogen functional groups attached to an aromatic ring is 1. The Morgan fingerprint density at radius 2 is 1.78 bits per heavy atom. The third-order valence-electron chi connectivity index (χ3n) is 1.93. The smallest absolute Gasteiger partial charge is 0.330 e. The van der Waals surface area contributed by atoms with E-state index in [0.29, 0.717) is 5.75 Å². The van der Waals surface area contributed by atoms with Crippen LogP contribution < -0.4 is 20.7 Å². The Bertz CT molecular complexity index is 512. The average Bonchev–Trinajstić information content (AvgIpc) is 2.41. The van der Waals surface area contributed by atoms with Gasteiger partial charge in [0.15, 0.2) is 0 Å². The van der Waals surface area contributed by atoms with Crippen molar-refractivity contribution in [2.75, 3.05) is 12.5 Å². The van der Waals surface area contributed by atoms with Gasteiger partial charge in [0.05, 0.1) is 7.11 Å². The molecule has 0 atom stereocenters. The van der Waals surface area contributed by atoms with E-state index in [2.05, 4.69) is 20.4 Å². The number of anilines is 1. The first-order valence-corrected chi connectivity index (χ1v) is 4.91. The van der Waals surface area contributed by atoms with E-state index in [-0.39, 0.29) is 23.8 Å². The number of hydrazine groups is 1. The maximum absolute atomic E-state index is 12.7. The summed E-state index contributed by atoms with van der Waals surface area (Å²) < 4.78 is 22.9. The summed E-state index contributed by atoms with van der Waals surface area (Å²) in [5.74, 6) is 5.31. The van der Waals surface area contributed by atoms with Crippen LogP contribution in [0.5, 0.6) is 17.8 Å². The summed E-state index contributed by atoms with van der Waals surface area (Å²) in [7, 11) is 1.40. The van der Waals surface area contributed by atoms with E-state index in [1.54, 1.807) is 0 Å². The second-order valence-electron chi connectivity index (χ2n) is 3.13. The van der Waals surface area contributed by atoms with Gasteiger partial charge >= 0.3 is 12.0 Å². The van der Waals surface area contributed by atoms with Crippen LogP contribution in [-0.4, -0.2) is 22.1 Å². The molecule has 2 aromatic rings. The predicted molar refractivity (Wildman–Crippen MR) is 60.7 cm³/mol. The Labute approximate surface area is 102 Å². The van der Waals surface area contributed by atoms with Crippen LogP contribution in [0.4, 0.5) is 10.3 Å². The molecular formula is C10H10FN5O2. The van der Waals surface area contributed by atoms with Crippen molar-refractivity contribution in [1.29, 1.82) is 0 Å². The van der Waals surface area contributed by atoms with Gasteiger partial charge in [0.2, 0.25) is 5.95 Å². The summed E-state index contributed by atoms with van der Waals surface area (Å²) >= 11 is 0. The van der Waals surface area contributed by atoms with Crippen molar-refractivity contribution in [1.82, 2.24) is 15.0 Å². The zero-order valence-corrected chi connectivity index (χ0v) is 9.42. The number of hydrogen-bond acceptors (Lipinski definition) is 7. The number of benzene rings is 1. The fourth-order valence-electron chi connectivity index (χ4n) is 1.15. The van der Waals surface area contributed by atoms with Gasteiger partial charge in [-0.05, 0) is 24.3 Å². The summed E-state index contributed by atoms with van der Waals surface area (Å²) in [6, 6.07) is 5.45. The number of nitrogens with one attached hydrogen (secondary N) is 1. The standard InChI is InChI=1S/C10H10FN5O2/c1-17-9-13-8(16-12)14-10(15-9)18-7-4-2-6(11)3-5-7/h2-5H,12H2,1H3,(H,13,14,15,16). The molecule has 0 amide bonds. The molecule has 0 aliphatic carbocycles. The molecule has 3 N–H and O–H groups in total. The minimum Gasteiger partial charge on any atom is -0.467 e. The number of aromatic nitrogens is 3. The van der Waals surface area contributed by atoms with Gasteiger partial charge in [-0.15, -0.1) is 4.98 Å². The number of rotatable bonds is 4. The van der Waals surface area contributed by atoms with Crippen molar-refractivity contribution in [3.63, 3.8) is 0 Å². The summed E-state index contributed by atoms with van der Waals surface area (Å²) in [6.45, 7) is 0. The van der Waals surface area contributed by atoms with Gasteiger partial charge < -0.3 is 9.47 Å². The van der Waals surface area contributed by atoms with Gasteiger partial charge in [-0.3, -0.25) is 5.43 Å². The first kappa shape index (κ1) is 12.0. The summed E-state index contributed by atoms with van der Waals surface area (Å²) in [5, 5.41) is 0. The van der Waals surface area contributed by atoms with E-state index in [4.69, 9.17) is 15.3 Å². The maximum atomic E-state index is 12.7. The summed E-state index contributed by atoms with van der Waals surface area (Å²) in [6.07, 6.45) is 0. The summed E-state index contributed by atoms with van der Waals surface area (Å²) in [5.41, 5.74) is 2.25. The van der Waals surface area contributed by atoms with E-state index in [1.807, 2.05) is 0 Å². The minimum atomic E-state index is -0.361. The highest BCUT2D eigenvalue weighted by molar-refractivity contribution is 5.29. The van der Waals surface area contributed by atoms with E-state index >= 15 is 0 Å². The van der Waals surface area contributed by atoms with Crippen LogP contribution in [0.1, 0.15) is 0 Å². The third kappa shape index (κ3) is 2.80. The molecule has 94 valence electrons. The second-order valence-corrected chi connectivity index (χ2v) is 3.13. The molecule has 1 aromatic carbocycles. The topological polar surface area (TPSA) is 95.2 Å². The lowest BCUT2D eigenvalue weighted by molar-refractivity contribution is 0.360. The molecule has 0 saturated carbocycles. The normalized spacial score (nSPS) is 9.94. The minimum absolute atomic E-state index is 0.0126. The lowest BCUT2D eigenvalue weighted by Gasteiger charge is -2.06. The molecule has 0 bridgehead atoms. The largest absolute Gasteiger partial charge is 0.467 e. The van der Waals surface area contributed by atoms with Gasteiger partial charge in [-0.25, -0.2) is 10.2 Å². The highest BCUT2D eigenvalue weighted by Gasteiger charge is 2.08. The van der Waals surface area contributed by atoms with E-state index in [9.17, 15) is 4.39 Å². The van der Waals surface area contributed by atoms with Gasteiger partial charge in [0.1, 0.15) is 11.6 Å². The first-order valence-electron chi connectivity index (χ1n) is 4.91. The second kappa shape index (κ2) is 5.23.